The molecule has 0 aliphatic carbocycles. The number of piperidine rings is 1. The van der Waals surface area contributed by atoms with Crippen molar-refractivity contribution in [3.63, 3.8) is 0 Å². The van der Waals surface area contributed by atoms with Crippen LogP contribution >= 0.6 is 0 Å². The highest BCUT2D eigenvalue weighted by Crippen LogP contribution is 2.54. The first-order chi connectivity index (χ1) is 23.6. The van der Waals surface area contributed by atoms with Crippen molar-refractivity contribution in [3.8, 4) is 29.1 Å². The summed E-state index contributed by atoms with van der Waals surface area (Å²) in [5.41, 5.74) is -0.429. The number of hydrazine groups is 1. The molecule has 0 aromatic heterocycles. The van der Waals surface area contributed by atoms with Crippen molar-refractivity contribution in [2.45, 2.75) is 49.6 Å². The van der Waals surface area contributed by atoms with Crippen LogP contribution in [0.25, 0.3) is 0 Å². The molecule has 1 amide bonds. The second-order valence-corrected chi connectivity index (χ2v) is 14.1. The Kier molecular flexibility index (Phi) is 9.77. The topological polar surface area (TPSA) is 125 Å². The molecule has 3 aromatic carbocycles. The minimum atomic E-state index is -4.58. The highest BCUT2D eigenvalue weighted by molar-refractivity contribution is 7.93. The van der Waals surface area contributed by atoms with E-state index in [4.69, 9.17) is 18.9 Å². The lowest BCUT2D eigenvalue weighted by molar-refractivity contribution is -0.134. The molecule has 260 valence electrons. The number of hydrogen-bond acceptors (Lipinski definition) is 11. The van der Waals surface area contributed by atoms with Crippen molar-refractivity contribution < 1.29 is 32.2 Å². The van der Waals surface area contributed by atoms with Crippen LogP contribution in [0.5, 0.6) is 23.0 Å². The monoisotopic (exact) mass is 689 g/mol. The average Bonchev–Trinajstić information content (AvgIpc) is 3.40. The van der Waals surface area contributed by atoms with E-state index in [0.717, 1.165) is 23.7 Å². The molecule has 3 aliphatic rings. The Morgan fingerprint density at radius 1 is 0.857 bits per heavy atom. The third-order valence-electron chi connectivity index (χ3n) is 9.86. The Labute approximate surface area is 288 Å². The van der Waals surface area contributed by atoms with Gasteiger partial charge in [0.1, 0.15) is 27.9 Å². The zero-order chi connectivity index (χ0) is 34.9. The molecule has 13 heteroatoms. The van der Waals surface area contributed by atoms with Crippen molar-refractivity contribution in [1.82, 2.24) is 14.9 Å². The van der Waals surface area contributed by atoms with Gasteiger partial charge in [-0.3, -0.25) is 9.69 Å². The number of amides is 1. The van der Waals surface area contributed by atoms with Gasteiger partial charge in [-0.1, -0.05) is 6.42 Å². The van der Waals surface area contributed by atoms with Crippen LogP contribution in [0.1, 0.15) is 49.8 Å². The summed E-state index contributed by atoms with van der Waals surface area (Å²) in [4.78, 5) is 17.4. The van der Waals surface area contributed by atoms with Gasteiger partial charge in [-0.15, -0.1) is 0 Å². The molecule has 2 saturated heterocycles. The zero-order valence-corrected chi connectivity index (χ0v) is 29.5. The maximum atomic E-state index is 15.6. The van der Waals surface area contributed by atoms with Crippen LogP contribution in [-0.2, 0) is 20.4 Å². The predicted molar refractivity (Wildman–Crippen MR) is 183 cm³/mol. The Balaban J connectivity index is 1.58. The van der Waals surface area contributed by atoms with Gasteiger partial charge in [0.15, 0.2) is 5.54 Å². The van der Waals surface area contributed by atoms with Crippen molar-refractivity contribution >= 4 is 21.6 Å². The number of nitriles is 1. The number of hydrogen-bond donors (Lipinski definition) is 0. The number of benzene rings is 3. The van der Waals surface area contributed by atoms with Crippen LogP contribution in [0.3, 0.4) is 0 Å². The third kappa shape index (κ3) is 5.76. The zero-order valence-electron chi connectivity index (χ0n) is 28.6. The van der Waals surface area contributed by atoms with Gasteiger partial charge in [0.05, 0.1) is 45.3 Å². The van der Waals surface area contributed by atoms with Crippen LogP contribution in [0, 0.1) is 11.3 Å². The summed E-state index contributed by atoms with van der Waals surface area (Å²) in [5.74, 6) is 0.612. The summed E-state index contributed by atoms with van der Waals surface area (Å²) in [5, 5.41) is 14.8. The van der Waals surface area contributed by atoms with E-state index in [1.165, 1.54) is 58.1 Å². The highest BCUT2D eigenvalue weighted by atomic mass is 32.2. The van der Waals surface area contributed by atoms with Crippen LogP contribution in [0.4, 0.5) is 5.69 Å². The lowest BCUT2D eigenvalue weighted by Crippen LogP contribution is -2.63. The van der Waals surface area contributed by atoms with Crippen LogP contribution in [0.2, 0.25) is 0 Å². The number of nitrogens with zero attached hydrogens (tertiary/aromatic N) is 5. The minimum absolute atomic E-state index is 0.0282. The molecule has 49 heavy (non-hydrogen) atoms. The second-order valence-electron chi connectivity index (χ2n) is 12.4. The first-order valence-corrected chi connectivity index (χ1v) is 18.0. The smallest absolute Gasteiger partial charge is 0.274 e. The number of carbonyl (C=O) groups is 1. The highest BCUT2D eigenvalue weighted by Gasteiger charge is 2.61. The first kappa shape index (κ1) is 34.5. The summed E-state index contributed by atoms with van der Waals surface area (Å²) in [6.45, 7) is 7.50. The number of ether oxygens (including phenoxy) is 4. The molecule has 0 N–H and O–H groups in total. The fraction of sp³-hybridized carbons (Fsp3) is 0.444. The molecule has 2 unspecified atom stereocenters. The fourth-order valence-corrected chi connectivity index (χ4v) is 9.10. The van der Waals surface area contributed by atoms with Crippen LogP contribution in [-0.4, -0.2) is 95.9 Å². The summed E-state index contributed by atoms with van der Waals surface area (Å²) >= 11 is 0. The molecule has 0 radical (unpaired) electrons. The van der Waals surface area contributed by atoms with E-state index >= 15 is 4.79 Å². The van der Waals surface area contributed by atoms with Gasteiger partial charge in [0, 0.05) is 56.0 Å². The van der Waals surface area contributed by atoms with Gasteiger partial charge in [-0.05, 0) is 75.2 Å². The summed E-state index contributed by atoms with van der Waals surface area (Å²) in [6, 6.07) is 16.9. The Morgan fingerprint density at radius 2 is 1.57 bits per heavy atom. The fourth-order valence-electron chi connectivity index (χ4n) is 7.50. The maximum absolute atomic E-state index is 15.6. The number of carbonyl (C=O) groups excluding carboxylic acids is 1. The molecular formula is C36H43N5O7S. The standard InChI is InChI=1S/C36H43N5O7S/c1-6-48-32-14-11-27(45-3)22-30(32)36(38-17-19-39(20-18-38)40-16-8-7-9-25(40)2)29-21-26(24-37)10-13-31(29)41(35(36)42)49(43,44)34-15-12-28(46-4)23-33(34)47-5/h10-15,21-23,25H,6-9,16-20H2,1-5H3. The van der Waals surface area contributed by atoms with Gasteiger partial charge in [-0.2, -0.15) is 5.26 Å². The van der Waals surface area contributed by atoms with E-state index in [0.29, 0.717) is 72.8 Å². The number of fused-ring (bicyclic) bond motifs is 1. The molecule has 2 fully saturated rings. The van der Waals surface area contributed by atoms with Gasteiger partial charge in [0.2, 0.25) is 0 Å². The van der Waals surface area contributed by atoms with E-state index in [-0.39, 0.29) is 16.3 Å². The average molecular weight is 690 g/mol. The van der Waals surface area contributed by atoms with E-state index in [1.807, 2.05) is 11.8 Å². The Morgan fingerprint density at radius 3 is 2.22 bits per heavy atom. The van der Waals surface area contributed by atoms with E-state index < -0.39 is 21.5 Å². The first-order valence-electron chi connectivity index (χ1n) is 16.6. The number of piperazine rings is 1. The number of anilines is 1. The van der Waals surface area contributed by atoms with Crippen LogP contribution < -0.4 is 23.3 Å². The predicted octanol–water partition coefficient (Wildman–Crippen LogP) is 4.37. The minimum Gasteiger partial charge on any atom is -0.497 e. The SMILES string of the molecule is CCOc1ccc(OC)cc1C1(N2CCN(N3CCCCC3C)CC2)C(=O)N(S(=O)(=O)c2ccc(OC)cc2OC)c2ccc(C#N)cc21. The molecule has 6 rings (SSSR count). The van der Waals surface area contributed by atoms with Crippen molar-refractivity contribution in [1.29, 1.82) is 5.26 Å². The summed E-state index contributed by atoms with van der Waals surface area (Å²) < 4.78 is 53.1. The van der Waals surface area contributed by atoms with E-state index in [1.54, 1.807) is 24.3 Å². The lowest BCUT2D eigenvalue weighted by atomic mass is 9.80. The quantitative estimate of drug-likeness (QED) is 0.302. The van der Waals surface area contributed by atoms with Crippen molar-refractivity contribution in [2.24, 2.45) is 0 Å². The van der Waals surface area contributed by atoms with Gasteiger partial charge < -0.3 is 18.9 Å². The van der Waals surface area contributed by atoms with E-state index in [2.05, 4.69) is 23.0 Å². The summed E-state index contributed by atoms with van der Waals surface area (Å²) in [7, 11) is -0.204. The Hall–Kier alpha value is -4.35. The molecule has 3 heterocycles. The number of methoxy groups -OCH3 is 3. The molecule has 12 nitrogen and oxygen atoms in total. The molecule has 3 aliphatic heterocycles. The molecule has 3 aromatic rings. The lowest BCUT2D eigenvalue weighted by Gasteiger charge is -2.49. The van der Waals surface area contributed by atoms with Crippen molar-refractivity contribution in [2.75, 3.05) is 65.0 Å². The normalized spacial score (nSPS) is 22.0. The number of rotatable bonds is 10. The van der Waals surface area contributed by atoms with E-state index in [9.17, 15) is 13.7 Å². The van der Waals surface area contributed by atoms with Gasteiger partial charge in [0.25, 0.3) is 15.9 Å². The third-order valence-corrected chi connectivity index (χ3v) is 11.6. The molecular weight excluding hydrogens is 646 g/mol. The molecule has 0 spiro atoms. The van der Waals surface area contributed by atoms with Crippen molar-refractivity contribution in [3.05, 3.63) is 71.3 Å². The Bertz CT molecular complexity index is 1870. The summed E-state index contributed by atoms with van der Waals surface area (Å²) in [6.07, 6.45) is 3.45. The largest absolute Gasteiger partial charge is 0.497 e. The number of sulfonamides is 1. The molecule has 0 bridgehead atoms. The second kappa shape index (κ2) is 13.9. The maximum Gasteiger partial charge on any atom is 0.274 e. The van der Waals surface area contributed by atoms with Gasteiger partial charge in [-0.25, -0.2) is 22.7 Å². The molecule has 2 atom stereocenters. The molecule has 0 saturated carbocycles. The van der Waals surface area contributed by atoms with Crippen LogP contribution in [0.15, 0.2) is 59.5 Å². The van der Waals surface area contributed by atoms with Gasteiger partial charge >= 0.3 is 0 Å².